The van der Waals surface area contributed by atoms with E-state index in [1.165, 1.54) is 7.11 Å². The first-order chi connectivity index (χ1) is 7.84. The Bertz CT molecular complexity index is 382. The van der Waals surface area contributed by atoms with E-state index in [0.717, 1.165) is 10.7 Å². The number of nitrogens with zero attached hydrogens (tertiary/aromatic N) is 1. The molecular weight excluding hydrogens is 236 g/mol. The van der Waals surface area contributed by atoms with E-state index in [9.17, 15) is 4.79 Å². The highest BCUT2D eigenvalue weighted by molar-refractivity contribution is 7.09. The van der Waals surface area contributed by atoms with Crippen LogP contribution in [-0.4, -0.2) is 24.1 Å². The number of ether oxygens (including phenoxy) is 1. The van der Waals surface area contributed by atoms with E-state index < -0.39 is 0 Å². The number of nitrogens with one attached hydrogen (secondary N) is 1. The lowest BCUT2D eigenvalue weighted by Crippen LogP contribution is -2.34. The summed E-state index contributed by atoms with van der Waals surface area (Å²) in [6.07, 6.45) is 0. The third-order valence-electron chi connectivity index (χ3n) is 2.34. The van der Waals surface area contributed by atoms with Crippen LogP contribution in [0, 0.1) is 0 Å². The van der Waals surface area contributed by atoms with Crippen molar-refractivity contribution in [3.05, 3.63) is 16.1 Å². The van der Waals surface area contributed by atoms with Crippen LogP contribution in [0.25, 0.3) is 0 Å². The first-order valence-corrected chi connectivity index (χ1v) is 6.48. The van der Waals surface area contributed by atoms with Crippen molar-refractivity contribution >= 4 is 17.3 Å². The van der Waals surface area contributed by atoms with Crippen molar-refractivity contribution in [3.63, 3.8) is 0 Å². The van der Waals surface area contributed by atoms with Gasteiger partial charge in [-0.25, -0.2) is 4.98 Å². The lowest BCUT2D eigenvalue weighted by atomic mass is 9.98. The van der Waals surface area contributed by atoms with Gasteiger partial charge in [0, 0.05) is 17.3 Å². The Balaban J connectivity index is 2.53. The first-order valence-electron chi connectivity index (χ1n) is 5.60. The summed E-state index contributed by atoms with van der Waals surface area (Å²) in [5.74, 6) is -0.253. The van der Waals surface area contributed by atoms with Gasteiger partial charge in [-0.2, -0.15) is 0 Å². The summed E-state index contributed by atoms with van der Waals surface area (Å²) in [4.78, 5) is 15.7. The number of aromatic nitrogens is 1. The third-order valence-corrected chi connectivity index (χ3v) is 3.65. The maximum Gasteiger partial charge on any atom is 0.322 e. The minimum atomic E-state index is -0.306. The van der Waals surface area contributed by atoms with Crippen molar-refractivity contribution in [3.8, 4) is 0 Å². The molecule has 1 N–H and O–H groups in total. The van der Waals surface area contributed by atoms with Gasteiger partial charge in [0.1, 0.15) is 6.04 Å². The Kier molecular flexibility index (Phi) is 4.65. The van der Waals surface area contributed by atoms with Gasteiger partial charge in [0.2, 0.25) is 0 Å². The van der Waals surface area contributed by atoms with E-state index in [4.69, 9.17) is 0 Å². The van der Waals surface area contributed by atoms with E-state index in [-0.39, 0.29) is 17.4 Å². The standard InChI is InChI=1S/C12H20N2O2S/c1-8(10(15)16-5)13-6-9-7-17-11(14-9)12(2,3)4/h7-8,13H,6H2,1-5H3/t8-/m0/s1. The predicted molar refractivity (Wildman–Crippen MR) is 69.1 cm³/mol. The lowest BCUT2D eigenvalue weighted by Gasteiger charge is -2.14. The summed E-state index contributed by atoms with van der Waals surface area (Å²) in [7, 11) is 1.39. The molecular formula is C12H20N2O2S. The fourth-order valence-electron chi connectivity index (χ4n) is 1.25. The van der Waals surface area contributed by atoms with Gasteiger partial charge in [-0.05, 0) is 6.92 Å². The van der Waals surface area contributed by atoms with Crippen molar-refractivity contribution in [2.24, 2.45) is 0 Å². The molecule has 0 aromatic carbocycles. The molecule has 4 nitrogen and oxygen atoms in total. The fraction of sp³-hybridized carbons (Fsp3) is 0.667. The summed E-state index contributed by atoms with van der Waals surface area (Å²) in [6, 6.07) is -0.306. The van der Waals surface area contributed by atoms with E-state index in [2.05, 4.69) is 35.8 Å². The van der Waals surface area contributed by atoms with Crippen LogP contribution in [0.2, 0.25) is 0 Å². The number of esters is 1. The second kappa shape index (κ2) is 5.60. The average Bonchev–Trinajstić information content (AvgIpc) is 2.72. The molecule has 0 radical (unpaired) electrons. The molecule has 96 valence electrons. The maximum atomic E-state index is 11.2. The van der Waals surface area contributed by atoms with Crippen LogP contribution in [0.5, 0.6) is 0 Å². The van der Waals surface area contributed by atoms with Crippen LogP contribution >= 0.6 is 11.3 Å². The molecule has 0 saturated heterocycles. The van der Waals surface area contributed by atoms with Crippen LogP contribution in [0.15, 0.2) is 5.38 Å². The maximum absolute atomic E-state index is 11.2. The molecule has 0 fully saturated rings. The van der Waals surface area contributed by atoms with E-state index in [1.807, 2.05) is 5.38 Å². The van der Waals surface area contributed by atoms with Crippen molar-refractivity contribution in [2.45, 2.75) is 45.7 Å². The molecule has 1 atom stereocenters. The van der Waals surface area contributed by atoms with Gasteiger partial charge >= 0.3 is 5.97 Å². The summed E-state index contributed by atoms with van der Waals surface area (Å²) < 4.78 is 4.64. The van der Waals surface area contributed by atoms with E-state index in [1.54, 1.807) is 18.3 Å². The summed E-state index contributed by atoms with van der Waals surface area (Å²) in [5.41, 5.74) is 1.05. The SMILES string of the molecule is COC(=O)[C@H](C)NCc1csc(C(C)(C)C)n1. The molecule has 1 aromatic rings. The van der Waals surface area contributed by atoms with Crippen molar-refractivity contribution in [2.75, 3.05) is 7.11 Å². The van der Waals surface area contributed by atoms with Crippen LogP contribution in [-0.2, 0) is 21.5 Å². The fourth-order valence-corrected chi connectivity index (χ4v) is 2.16. The highest BCUT2D eigenvalue weighted by Gasteiger charge is 2.18. The normalized spacial score (nSPS) is 13.5. The van der Waals surface area contributed by atoms with Gasteiger partial charge in [0.25, 0.3) is 0 Å². The smallest absolute Gasteiger partial charge is 0.322 e. The van der Waals surface area contributed by atoms with Crippen molar-refractivity contribution < 1.29 is 9.53 Å². The van der Waals surface area contributed by atoms with Crippen LogP contribution in [0.1, 0.15) is 38.4 Å². The first kappa shape index (κ1) is 14.1. The molecule has 17 heavy (non-hydrogen) atoms. The zero-order valence-electron chi connectivity index (χ0n) is 11.0. The minimum Gasteiger partial charge on any atom is -0.468 e. The minimum absolute atomic E-state index is 0.0802. The van der Waals surface area contributed by atoms with Crippen LogP contribution in [0.3, 0.4) is 0 Å². The van der Waals surface area contributed by atoms with Crippen molar-refractivity contribution in [1.82, 2.24) is 10.3 Å². The van der Waals surface area contributed by atoms with Crippen LogP contribution in [0.4, 0.5) is 0 Å². The number of carbonyl (C=O) groups excluding carboxylic acids is 1. The Labute approximate surface area is 106 Å². The number of rotatable bonds is 4. The summed E-state index contributed by atoms with van der Waals surface area (Å²) >= 11 is 1.66. The van der Waals surface area contributed by atoms with Gasteiger partial charge in [0.05, 0.1) is 17.8 Å². The lowest BCUT2D eigenvalue weighted by molar-refractivity contribution is -0.142. The molecule has 5 heteroatoms. The van der Waals surface area contributed by atoms with Crippen LogP contribution < -0.4 is 5.32 Å². The van der Waals surface area contributed by atoms with E-state index in [0.29, 0.717) is 6.54 Å². The topological polar surface area (TPSA) is 51.2 Å². The van der Waals surface area contributed by atoms with Gasteiger partial charge in [-0.1, -0.05) is 20.8 Å². The Morgan fingerprint density at radius 3 is 2.71 bits per heavy atom. The Hall–Kier alpha value is -0.940. The molecule has 0 spiro atoms. The molecule has 1 heterocycles. The Morgan fingerprint density at radius 2 is 2.24 bits per heavy atom. The zero-order chi connectivity index (χ0) is 13.1. The molecule has 0 aliphatic rings. The summed E-state index contributed by atoms with van der Waals surface area (Å²) in [6.45, 7) is 8.78. The number of thiazole rings is 1. The summed E-state index contributed by atoms with van der Waals surface area (Å²) in [5, 5.41) is 6.22. The van der Waals surface area contributed by atoms with Gasteiger partial charge in [0.15, 0.2) is 0 Å². The zero-order valence-corrected chi connectivity index (χ0v) is 11.9. The molecule has 0 unspecified atom stereocenters. The largest absolute Gasteiger partial charge is 0.468 e. The van der Waals surface area contributed by atoms with Gasteiger partial charge < -0.3 is 4.74 Å². The van der Waals surface area contributed by atoms with Crippen molar-refractivity contribution in [1.29, 1.82) is 0 Å². The highest BCUT2D eigenvalue weighted by Crippen LogP contribution is 2.25. The molecule has 1 rings (SSSR count). The molecule has 1 aromatic heterocycles. The monoisotopic (exact) mass is 256 g/mol. The molecule has 0 aliphatic carbocycles. The highest BCUT2D eigenvalue weighted by atomic mass is 32.1. The second-order valence-corrected chi connectivity index (χ2v) is 5.88. The predicted octanol–water partition coefficient (Wildman–Crippen LogP) is 2.09. The second-order valence-electron chi connectivity index (χ2n) is 5.02. The number of hydrogen-bond acceptors (Lipinski definition) is 5. The molecule has 0 amide bonds. The molecule has 0 saturated carbocycles. The average molecular weight is 256 g/mol. The number of carbonyl (C=O) groups is 1. The Morgan fingerprint density at radius 1 is 1.59 bits per heavy atom. The van der Waals surface area contributed by atoms with E-state index >= 15 is 0 Å². The number of methoxy groups -OCH3 is 1. The van der Waals surface area contributed by atoms with Gasteiger partial charge in [-0.3, -0.25) is 10.1 Å². The number of hydrogen-bond donors (Lipinski definition) is 1. The third kappa shape index (κ3) is 4.09. The van der Waals surface area contributed by atoms with Gasteiger partial charge in [-0.15, -0.1) is 11.3 Å². The molecule has 0 bridgehead atoms. The quantitative estimate of drug-likeness (QED) is 0.838. The molecule has 0 aliphatic heterocycles.